The normalized spacial score (nSPS) is 14.1. The number of aromatic nitrogens is 3. The van der Waals surface area contributed by atoms with Crippen molar-refractivity contribution in [3.8, 4) is 11.4 Å². The van der Waals surface area contributed by atoms with Gasteiger partial charge in [0.25, 0.3) is 0 Å². The van der Waals surface area contributed by atoms with Crippen molar-refractivity contribution in [2.24, 2.45) is 7.05 Å². The summed E-state index contributed by atoms with van der Waals surface area (Å²) in [6.45, 7) is 0.995. The number of hydrogen-bond acceptors (Lipinski definition) is 5. The number of rotatable bonds is 5. The molecule has 1 saturated heterocycles. The van der Waals surface area contributed by atoms with Gasteiger partial charge in [0.15, 0.2) is 5.82 Å². The third-order valence-electron chi connectivity index (χ3n) is 3.80. The molecule has 1 fully saturated rings. The van der Waals surface area contributed by atoms with E-state index >= 15 is 0 Å². The Morgan fingerprint density at radius 1 is 1.28 bits per heavy atom. The van der Waals surface area contributed by atoms with Gasteiger partial charge in [-0.3, -0.25) is 9.48 Å². The zero-order valence-electron chi connectivity index (χ0n) is 14.1. The third-order valence-corrected chi connectivity index (χ3v) is 3.80. The summed E-state index contributed by atoms with van der Waals surface area (Å²) in [6.07, 6.45) is 1.64. The molecule has 1 aliphatic rings. The molecule has 1 aliphatic heterocycles. The number of anilines is 1. The molecule has 0 radical (unpaired) electrons. The fourth-order valence-corrected chi connectivity index (χ4v) is 2.51. The number of nitrogens with one attached hydrogen (secondary N) is 2. The summed E-state index contributed by atoms with van der Waals surface area (Å²) in [4.78, 5) is 29.4. The second-order valence-corrected chi connectivity index (χ2v) is 5.85. The topological polar surface area (TPSA) is 101 Å². The van der Waals surface area contributed by atoms with E-state index in [2.05, 4.69) is 20.7 Å². The van der Waals surface area contributed by atoms with Crippen LogP contribution in [0, 0.1) is 0 Å². The Morgan fingerprint density at radius 3 is 2.60 bits per heavy atom. The van der Waals surface area contributed by atoms with Crippen LogP contribution >= 0.6 is 0 Å². The Balaban J connectivity index is 1.48. The second kappa shape index (κ2) is 7.31. The summed E-state index contributed by atoms with van der Waals surface area (Å²) in [5, 5.41) is 9.86. The van der Waals surface area contributed by atoms with E-state index in [9.17, 15) is 9.59 Å². The largest absolute Gasteiger partial charge is 0.375 e. The van der Waals surface area contributed by atoms with E-state index in [4.69, 9.17) is 4.74 Å². The maximum Gasteiger partial charge on any atom is 0.321 e. The van der Waals surface area contributed by atoms with Crippen molar-refractivity contribution in [2.75, 3.05) is 32.1 Å². The quantitative estimate of drug-likeness (QED) is 0.821. The summed E-state index contributed by atoms with van der Waals surface area (Å²) in [5.74, 6) is 0.462. The number of nitrogens with zero attached hydrogens (tertiary/aromatic N) is 4. The van der Waals surface area contributed by atoms with Crippen LogP contribution < -0.4 is 10.6 Å². The van der Waals surface area contributed by atoms with E-state index in [1.165, 1.54) is 7.11 Å². The monoisotopic (exact) mass is 344 g/mol. The molecule has 0 spiro atoms. The number of likely N-dealkylation sites (tertiary alicyclic amines) is 1. The Bertz CT molecular complexity index is 751. The van der Waals surface area contributed by atoms with Crippen LogP contribution in [0.3, 0.4) is 0 Å². The summed E-state index contributed by atoms with van der Waals surface area (Å²) >= 11 is 0. The molecule has 0 unspecified atom stereocenters. The van der Waals surface area contributed by atoms with Crippen LogP contribution in [0.1, 0.15) is 0 Å². The first-order valence-electron chi connectivity index (χ1n) is 7.85. The van der Waals surface area contributed by atoms with Crippen LogP contribution in [0.5, 0.6) is 0 Å². The molecule has 2 aromatic rings. The van der Waals surface area contributed by atoms with Gasteiger partial charge >= 0.3 is 6.03 Å². The highest BCUT2D eigenvalue weighted by Crippen LogP contribution is 2.18. The lowest BCUT2D eigenvalue weighted by atomic mass is 10.1. The standard InChI is InChI=1S/C16H20N6O3/c1-21-10-17-15(20-21)11-3-5-12(6-4-11)19-16(24)22-7-13(8-22)18-14(23)9-25-2/h3-6,10,13H,7-9H2,1-2H3,(H,18,23)(H,19,24). The van der Waals surface area contributed by atoms with Crippen molar-refractivity contribution >= 4 is 17.6 Å². The lowest BCUT2D eigenvalue weighted by Gasteiger charge is -2.39. The highest BCUT2D eigenvalue weighted by atomic mass is 16.5. The van der Waals surface area contributed by atoms with Gasteiger partial charge in [-0.2, -0.15) is 5.10 Å². The first kappa shape index (κ1) is 16.9. The molecule has 2 heterocycles. The molecule has 0 bridgehead atoms. The first-order chi connectivity index (χ1) is 12.0. The van der Waals surface area contributed by atoms with E-state index in [1.807, 2.05) is 19.2 Å². The minimum Gasteiger partial charge on any atom is -0.375 e. The summed E-state index contributed by atoms with van der Waals surface area (Å²) in [5.41, 5.74) is 1.57. The minimum absolute atomic E-state index is 0.0222. The number of aryl methyl sites for hydroxylation is 1. The van der Waals surface area contributed by atoms with Crippen molar-refractivity contribution in [1.29, 1.82) is 0 Å². The van der Waals surface area contributed by atoms with Crippen molar-refractivity contribution in [2.45, 2.75) is 6.04 Å². The van der Waals surface area contributed by atoms with E-state index in [0.717, 1.165) is 5.56 Å². The lowest BCUT2D eigenvalue weighted by molar-refractivity contribution is -0.126. The van der Waals surface area contributed by atoms with Gasteiger partial charge in [0.05, 0.1) is 6.04 Å². The van der Waals surface area contributed by atoms with Crippen LogP contribution in [-0.2, 0) is 16.6 Å². The molecule has 1 aromatic carbocycles. The molecule has 3 amide bonds. The molecular weight excluding hydrogens is 324 g/mol. The average molecular weight is 344 g/mol. The number of urea groups is 1. The number of carbonyl (C=O) groups excluding carboxylic acids is 2. The predicted molar refractivity (Wildman–Crippen MR) is 90.8 cm³/mol. The summed E-state index contributed by atoms with van der Waals surface area (Å²) < 4.78 is 6.39. The fourth-order valence-electron chi connectivity index (χ4n) is 2.51. The fraction of sp³-hybridized carbons (Fsp3) is 0.375. The number of methoxy groups -OCH3 is 1. The first-order valence-corrected chi connectivity index (χ1v) is 7.85. The second-order valence-electron chi connectivity index (χ2n) is 5.85. The number of hydrogen-bond donors (Lipinski definition) is 2. The molecule has 0 saturated carbocycles. The maximum absolute atomic E-state index is 12.2. The Labute approximate surface area is 145 Å². The van der Waals surface area contributed by atoms with Gasteiger partial charge in [-0.1, -0.05) is 0 Å². The summed E-state index contributed by atoms with van der Waals surface area (Å²) in [6, 6.07) is 7.11. The van der Waals surface area contributed by atoms with E-state index < -0.39 is 0 Å². The Kier molecular flexibility index (Phi) is 4.94. The number of carbonyl (C=O) groups is 2. The van der Waals surface area contributed by atoms with Gasteiger partial charge in [-0.25, -0.2) is 9.78 Å². The zero-order valence-corrected chi connectivity index (χ0v) is 14.1. The summed E-state index contributed by atoms with van der Waals surface area (Å²) in [7, 11) is 3.28. The van der Waals surface area contributed by atoms with Crippen LogP contribution in [0.2, 0.25) is 0 Å². The molecule has 0 aliphatic carbocycles. The number of amides is 3. The average Bonchev–Trinajstić information content (AvgIpc) is 2.98. The van der Waals surface area contributed by atoms with Crippen LogP contribution in [0.25, 0.3) is 11.4 Å². The Hall–Kier alpha value is -2.94. The number of ether oxygens (including phenoxy) is 1. The Morgan fingerprint density at radius 2 is 2.00 bits per heavy atom. The van der Waals surface area contributed by atoms with Crippen molar-refractivity contribution in [1.82, 2.24) is 25.0 Å². The minimum atomic E-state index is -0.194. The smallest absolute Gasteiger partial charge is 0.321 e. The van der Waals surface area contributed by atoms with Gasteiger partial charge < -0.3 is 20.3 Å². The van der Waals surface area contributed by atoms with Crippen molar-refractivity contribution < 1.29 is 14.3 Å². The van der Waals surface area contributed by atoms with Gasteiger partial charge in [-0.05, 0) is 24.3 Å². The molecular formula is C16H20N6O3. The van der Waals surface area contributed by atoms with Gasteiger partial charge in [0.1, 0.15) is 12.9 Å². The highest BCUT2D eigenvalue weighted by Gasteiger charge is 2.31. The molecule has 0 atom stereocenters. The molecule has 132 valence electrons. The molecule has 9 nitrogen and oxygen atoms in total. The van der Waals surface area contributed by atoms with Gasteiger partial charge in [0, 0.05) is 38.5 Å². The van der Waals surface area contributed by atoms with Gasteiger partial charge in [-0.15, -0.1) is 0 Å². The van der Waals surface area contributed by atoms with Crippen LogP contribution in [0.15, 0.2) is 30.6 Å². The molecule has 3 rings (SSSR count). The SMILES string of the molecule is COCC(=O)NC1CN(C(=O)Nc2ccc(-c3ncn(C)n3)cc2)C1. The molecule has 25 heavy (non-hydrogen) atoms. The van der Waals surface area contributed by atoms with Crippen LogP contribution in [0.4, 0.5) is 10.5 Å². The molecule has 1 aromatic heterocycles. The van der Waals surface area contributed by atoms with E-state index in [-0.39, 0.29) is 24.6 Å². The van der Waals surface area contributed by atoms with Crippen LogP contribution in [-0.4, -0.2) is 64.5 Å². The zero-order chi connectivity index (χ0) is 17.8. The van der Waals surface area contributed by atoms with Crippen molar-refractivity contribution in [3.63, 3.8) is 0 Å². The maximum atomic E-state index is 12.2. The van der Waals surface area contributed by atoms with E-state index in [0.29, 0.717) is 24.6 Å². The predicted octanol–water partition coefficient (Wildman–Crippen LogP) is 0.461. The molecule has 9 heteroatoms. The molecule has 2 N–H and O–H groups in total. The number of benzene rings is 1. The van der Waals surface area contributed by atoms with Crippen molar-refractivity contribution in [3.05, 3.63) is 30.6 Å². The third kappa shape index (κ3) is 4.13. The lowest BCUT2D eigenvalue weighted by Crippen LogP contribution is -2.62. The van der Waals surface area contributed by atoms with Gasteiger partial charge in [0.2, 0.25) is 5.91 Å². The van der Waals surface area contributed by atoms with E-state index in [1.54, 1.807) is 28.0 Å². The highest BCUT2D eigenvalue weighted by molar-refractivity contribution is 5.90.